The summed E-state index contributed by atoms with van der Waals surface area (Å²) in [5.41, 5.74) is 1.05. The van der Waals surface area contributed by atoms with Gasteiger partial charge in [0.1, 0.15) is 0 Å². The first-order valence-electron chi connectivity index (χ1n) is 7.40. The first-order chi connectivity index (χ1) is 10.00. The van der Waals surface area contributed by atoms with Gasteiger partial charge in [-0.1, -0.05) is 0 Å². The molecule has 2 aliphatic carbocycles. The third-order valence-corrected chi connectivity index (χ3v) is 7.13. The molecule has 2 aliphatic rings. The molecule has 0 aromatic carbocycles. The molecule has 5 nitrogen and oxygen atoms in total. The monoisotopic (exact) mass is 329 g/mol. The van der Waals surface area contributed by atoms with Gasteiger partial charge in [0.05, 0.1) is 4.90 Å². The van der Waals surface area contributed by atoms with Gasteiger partial charge >= 0.3 is 0 Å². The average Bonchev–Trinajstić information content (AvgIpc) is 3.38. The highest BCUT2D eigenvalue weighted by molar-refractivity contribution is 8.00. The van der Waals surface area contributed by atoms with Crippen LogP contribution in [0.25, 0.3) is 0 Å². The molecule has 1 aromatic rings. The molecular formula is C14H23N3O2S2. The molecule has 1 heterocycles. The highest BCUT2D eigenvalue weighted by atomic mass is 32.2. The number of nitrogens with one attached hydrogen (secondary N) is 2. The lowest BCUT2D eigenvalue weighted by molar-refractivity contribution is 0.579. The van der Waals surface area contributed by atoms with E-state index in [0.717, 1.165) is 31.4 Å². The van der Waals surface area contributed by atoms with Crippen molar-refractivity contribution in [3.05, 3.63) is 18.0 Å². The van der Waals surface area contributed by atoms with Crippen molar-refractivity contribution in [2.24, 2.45) is 0 Å². The minimum absolute atomic E-state index is 0.139. The summed E-state index contributed by atoms with van der Waals surface area (Å²) in [6.45, 7) is 1.23. The topological polar surface area (TPSA) is 63.1 Å². The van der Waals surface area contributed by atoms with Gasteiger partial charge in [0.2, 0.25) is 10.0 Å². The van der Waals surface area contributed by atoms with Crippen LogP contribution in [-0.4, -0.2) is 37.6 Å². The Kier molecular flexibility index (Phi) is 4.11. The Morgan fingerprint density at radius 1 is 1.43 bits per heavy atom. The molecular weight excluding hydrogens is 306 g/mol. The van der Waals surface area contributed by atoms with Crippen LogP contribution in [0.1, 0.15) is 37.4 Å². The third kappa shape index (κ3) is 3.31. The van der Waals surface area contributed by atoms with E-state index in [9.17, 15) is 8.42 Å². The van der Waals surface area contributed by atoms with Gasteiger partial charge < -0.3 is 9.88 Å². The highest BCUT2D eigenvalue weighted by Crippen LogP contribution is 2.46. The van der Waals surface area contributed by atoms with Crippen molar-refractivity contribution in [2.75, 3.05) is 19.8 Å². The summed E-state index contributed by atoms with van der Waals surface area (Å²) in [5, 5.41) is 3.11. The molecule has 0 aliphatic heterocycles. The van der Waals surface area contributed by atoms with Crippen molar-refractivity contribution in [3.8, 4) is 0 Å². The first-order valence-corrected chi connectivity index (χ1v) is 10.1. The van der Waals surface area contributed by atoms with Crippen LogP contribution in [0.15, 0.2) is 17.2 Å². The van der Waals surface area contributed by atoms with Crippen LogP contribution in [0.4, 0.5) is 0 Å². The summed E-state index contributed by atoms with van der Waals surface area (Å²) in [6.07, 6.45) is 8.35. The first kappa shape index (κ1) is 15.4. The van der Waals surface area contributed by atoms with Crippen molar-refractivity contribution >= 4 is 21.8 Å². The Labute approximate surface area is 130 Å². The highest BCUT2D eigenvalue weighted by Gasteiger charge is 2.42. The van der Waals surface area contributed by atoms with E-state index in [2.05, 4.69) is 20.9 Å². The smallest absolute Gasteiger partial charge is 0.242 e. The summed E-state index contributed by atoms with van der Waals surface area (Å²) in [5.74, 6) is 0. The minimum Gasteiger partial charge on any atom is -0.346 e. The number of hydrogen-bond donors (Lipinski definition) is 2. The Morgan fingerprint density at radius 3 is 2.67 bits per heavy atom. The zero-order valence-corrected chi connectivity index (χ0v) is 14.2. The molecule has 21 heavy (non-hydrogen) atoms. The van der Waals surface area contributed by atoms with Gasteiger partial charge in [-0.15, -0.1) is 0 Å². The zero-order valence-electron chi connectivity index (χ0n) is 12.6. The van der Waals surface area contributed by atoms with Crippen LogP contribution < -0.4 is 10.0 Å². The quantitative estimate of drug-likeness (QED) is 0.762. The third-order valence-electron chi connectivity index (χ3n) is 4.34. The summed E-state index contributed by atoms with van der Waals surface area (Å²) < 4.78 is 30.0. The molecule has 0 amide bonds. The van der Waals surface area contributed by atoms with E-state index in [0.29, 0.717) is 24.0 Å². The maximum Gasteiger partial charge on any atom is 0.242 e. The molecule has 0 unspecified atom stereocenters. The van der Waals surface area contributed by atoms with Gasteiger partial charge in [0.25, 0.3) is 0 Å². The maximum atomic E-state index is 12.5. The molecule has 0 atom stereocenters. The van der Waals surface area contributed by atoms with Crippen LogP contribution in [0.2, 0.25) is 0 Å². The average molecular weight is 329 g/mol. The number of sulfonamides is 1. The fourth-order valence-corrected chi connectivity index (χ4v) is 4.56. The van der Waals surface area contributed by atoms with Gasteiger partial charge in [0.15, 0.2) is 0 Å². The summed E-state index contributed by atoms with van der Waals surface area (Å²) in [4.78, 5) is 0.400. The predicted octanol–water partition coefficient (Wildman–Crippen LogP) is 1.72. The lowest BCUT2D eigenvalue weighted by atomic mass is 10.4. The Bertz CT molecular complexity index is 616. The molecule has 3 rings (SSSR count). The number of rotatable bonds is 8. The second-order valence-electron chi connectivity index (χ2n) is 6.05. The maximum absolute atomic E-state index is 12.5. The largest absolute Gasteiger partial charge is 0.346 e. The van der Waals surface area contributed by atoms with Gasteiger partial charge in [-0.25, -0.2) is 13.1 Å². The van der Waals surface area contributed by atoms with Crippen LogP contribution in [0, 0.1) is 0 Å². The lowest BCUT2D eigenvalue weighted by Gasteiger charge is -2.12. The van der Waals surface area contributed by atoms with Gasteiger partial charge in [-0.3, -0.25) is 0 Å². The van der Waals surface area contributed by atoms with Gasteiger partial charge in [0, 0.05) is 35.8 Å². The minimum atomic E-state index is -3.40. The van der Waals surface area contributed by atoms with E-state index < -0.39 is 10.0 Å². The van der Waals surface area contributed by atoms with E-state index in [4.69, 9.17) is 0 Å². The fraction of sp³-hybridized carbons (Fsp3) is 0.714. The van der Waals surface area contributed by atoms with E-state index in [1.54, 1.807) is 24.0 Å². The van der Waals surface area contributed by atoms with E-state index >= 15 is 0 Å². The van der Waals surface area contributed by atoms with Crippen LogP contribution >= 0.6 is 11.8 Å². The molecule has 0 radical (unpaired) electrons. The molecule has 0 saturated heterocycles. The fourth-order valence-electron chi connectivity index (χ4n) is 2.56. The molecule has 2 N–H and O–H groups in total. The molecule has 0 spiro atoms. The summed E-state index contributed by atoms with van der Waals surface area (Å²) in [6, 6.07) is 2.29. The van der Waals surface area contributed by atoms with E-state index in [1.807, 2.05) is 7.05 Å². The molecule has 1 aromatic heterocycles. The number of aromatic nitrogens is 1. The SMILES string of the molecule is CNCc1cc(S(=O)(=O)NCC2(SC)CC2)cn1C1CC1. The summed E-state index contributed by atoms with van der Waals surface area (Å²) >= 11 is 1.76. The van der Waals surface area contributed by atoms with E-state index in [1.165, 1.54) is 0 Å². The lowest BCUT2D eigenvalue weighted by Crippen LogP contribution is -2.31. The van der Waals surface area contributed by atoms with Crippen LogP contribution in [-0.2, 0) is 16.6 Å². The van der Waals surface area contributed by atoms with Crippen LogP contribution in [0.5, 0.6) is 0 Å². The van der Waals surface area contributed by atoms with Crippen molar-refractivity contribution in [1.29, 1.82) is 0 Å². The number of thioether (sulfide) groups is 1. The molecule has 7 heteroatoms. The van der Waals surface area contributed by atoms with Gasteiger partial charge in [-0.05, 0) is 45.1 Å². The van der Waals surface area contributed by atoms with Gasteiger partial charge in [-0.2, -0.15) is 11.8 Å². The standard InChI is InChI=1S/C14H23N3O2S2/c1-15-8-12-7-13(9-17(12)11-3-4-11)21(18,19)16-10-14(20-2)5-6-14/h7,9,11,15-16H,3-6,8,10H2,1-2H3. The Balaban J connectivity index is 1.76. The molecule has 2 fully saturated rings. The molecule has 118 valence electrons. The number of nitrogens with zero attached hydrogens (tertiary/aromatic N) is 1. The van der Waals surface area contributed by atoms with E-state index in [-0.39, 0.29) is 4.75 Å². The second-order valence-corrected chi connectivity index (χ2v) is 9.09. The van der Waals surface area contributed by atoms with Crippen LogP contribution in [0.3, 0.4) is 0 Å². The Morgan fingerprint density at radius 2 is 2.14 bits per heavy atom. The summed E-state index contributed by atoms with van der Waals surface area (Å²) in [7, 11) is -1.52. The van der Waals surface area contributed by atoms with Crippen molar-refractivity contribution < 1.29 is 8.42 Å². The van der Waals surface area contributed by atoms with Crippen molar-refractivity contribution in [3.63, 3.8) is 0 Å². The van der Waals surface area contributed by atoms with Crippen molar-refractivity contribution in [2.45, 2.75) is 47.9 Å². The van der Waals surface area contributed by atoms with Crippen molar-refractivity contribution in [1.82, 2.24) is 14.6 Å². The Hall–Kier alpha value is -0.500. The zero-order chi connectivity index (χ0) is 15.1. The second kappa shape index (κ2) is 5.61. The molecule has 0 bridgehead atoms. The normalized spacial score (nSPS) is 20.7. The number of hydrogen-bond acceptors (Lipinski definition) is 4. The predicted molar refractivity (Wildman–Crippen MR) is 86.1 cm³/mol. The molecule has 2 saturated carbocycles.